The first-order chi connectivity index (χ1) is 12.8. The molecule has 1 heteroatoms. The maximum atomic E-state index is 3.45. The van der Waals surface area contributed by atoms with E-state index in [1.165, 1.54) is 38.4 Å². The fraction of sp³-hybridized carbons (Fsp3) is 0.308. The highest BCUT2D eigenvalue weighted by molar-refractivity contribution is 5.90. The van der Waals surface area contributed by atoms with E-state index in [-0.39, 0.29) is 10.8 Å². The average Bonchev–Trinajstić information content (AvgIpc) is 3.05. The van der Waals surface area contributed by atoms with Crippen LogP contribution in [0, 0.1) is 0 Å². The molecule has 3 aromatic carbocycles. The van der Waals surface area contributed by atoms with Crippen molar-refractivity contribution >= 4 is 21.7 Å². The molecule has 1 aromatic heterocycles. The highest BCUT2D eigenvalue weighted by atomic mass is 14.7. The molecule has 0 amide bonds. The Morgan fingerprint density at radius 2 is 1.33 bits per heavy atom. The third-order valence-electron chi connectivity index (χ3n) is 5.77. The monoisotopic (exact) mass is 355 g/mol. The Bertz CT molecular complexity index is 1110. The van der Waals surface area contributed by atoms with Crippen LogP contribution in [-0.4, -0.2) is 4.98 Å². The Morgan fingerprint density at radius 1 is 0.667 bits per heavy atom. The molecule has 0 spiro atoms. The third kappa shape index (κ3) is 3.16. The second-order valence-electron chi connectivity index (χ2n) is 9.38. The summed E-state index contributed by atoms with van der Waals surface area (Å²) in [4.78, 5) is 3.45. The molecule has 0 radical (unpaired) electrons. The minimum absolute atomic E-state index is 0.0472. The highest BCUT2D eigenvalue weighted by Crippen LogP contribution is 2.37. The molecular formula is C26H29N. The summed E-state index contributed by atoms with van der Waals surface area (Å²) in [5, 5.41) is 4.10. The Hall–Kier alpha value is -2.54. The molecule has 1 N–H and O–H groups in total. The van der Waals surface area contributed by atoms with Gasteiger partial charge in [-0.2, -0.15) is 0 Å². The normalized spacial score (nSPS) is 12.8. The summed E-state index contributed by atoms with van der Waals surface area (Å²) < 4.78 is 0. The summed E-state index contributed by atoms with van der Waals surface area (Å²) in [7, 11) is 0. The van der Waals surface area contributed by atoms with E-state index >= 15 is 0 Å². The van der Waals surface area contributed by atoms with Gasteiger partial charge in [0, 0.05) is 17.1 Å². The molecule has 0 unspecified atom stereocenters. The zero-order valence-electron chi connectivity index (χ0n) is 17.1. The van der Waals surface area contributed by atoms with Crippen LogP contribution in [0.3, 0.4) is 0 Å². The van der Waals surface area contributed by atoms with Crippen molar-refractivity contribution in [1.82, 2.24) is 4.98 Å². The zero-order chi connectivity index (χ0) is 19.2. The fourth-order valence-corrected chi connectivity index (χ4v) is 4.39. The van der Waals surface area contributed by atoms with E-state index in [2.05, 4.69) is 106 Å². The van der Waals surface area contributed by atoms with E-state index in [0.717, 1.165) is 6.42 Å². The molecule has 138 valence electrons. The summed E-state index contributed by atoms with van der Waals surface area (Å²) >= 11 is 0. The van der Waals surface area contributed by atoms with Gasteiger partial charge in [0.25, 0.3) is 0 Å². The number of benzene rings is 3. The highest BCUT2D eigenvalue weighted by Gasteiger charge is 2.26. The summed E-state index contributed by atoms with van der Waals surface area (Å²) in [5.74, 6) is 0. The standard InChI is InChI=1S/C26H29N/c1-25(2,3)22-14-9-12-19-18(10-8-13-20(19)22)16-26(4,5)23-17-27-24-15-7-6-11-21(23)24/h6-15,17,27H,16H2,1-5H3. The van der Waals surface area contributed by atoms with Crippen molar-refractivity contribution in [2.75, 3.05) is 0 Å². The number of fused-ring (bicyclic) bond motifs is 2. The predicted molar refractivity (Wildman–Crippen MR) is 118 cm³/mol. The van der Waals surface area contributed by atoms with E-state index in [1.807, 2.05) is 0 Å². The van der Waals surface area contributed by atoms with Crippen molar-refractivity contribution in [3.8, 4) is 0 Å². The number of aromatic nitrogens is 1. The molecule has 0 bridgehead atoms. The molecule has 0 saturated carbocycles. The van der Waals surface area contributed by atoms with E-state index in [0.29, 0.717) is 0 Å². The SMILES string of the molecule is CC(C)(C)c1cccc2c(CC(C)(C)c3c[nH]c4ccccc34)cccc12. The van der Waals surface area contributed by atoms with Gasteiger partial charge in [-0.05, 0) is 50.8 Å². The molecule has 1 nitrogen and oxygen atoms in total. The lowest BCUT2D eigenvalue weighted by Crippen LogP contribution is -2.20. The largest absolute Gasteiger partial charge is 0.361 e. The van der Waals surface area contributed by atoms with E-state index in [1.54, 1.807) is 0 Å². The van der Waals surface area contributed by atoms with Gasteiger partial charge in [-0.1, -0.05) is 89.2 Å². The van der Waals surface area contributed by atoms with Gasteiger partial charge < -0.3 is 4.98 Å². The Balaban J connectivity index is 1.81. The maximum absolute atomic E-state index is 3.45. The molecule has 0 fully saturated rings. The van der Waals surface area contributed by atoms with Crippen LogP contribution in [0.2, 0.25) is 0 Å². The number of nitrogens with one attached hydrogen (secondary N) is 1. The summed E-state index contributed by atoms with van der Waals surface area (Å²) in [5.41, 5.74) is 5.65. The first-order valence-corrected chi connectivity index (χ1v) is 9.85. The van der Waals surface area contributed by atoms with Crippen molar-refractivity contribution in [3.05, 3.63) is 83.6 Å². The number of para-hydroxylation sites is 1. The fourth-order valence-electron chi connectivity index (χ4n) is 4.39. The van der Waals surface area contributed by atoms with Crippen molar-refractivity contribution in [2.24, 2.45) is 0 Å². The summed E-state index contributed by atoms with van der Waals surface area (Å²) in [6.07, 6.45) is 3.20. The first-order valence-electron chi connectivity index (χ1n) is 9.85. The van der Waals surface area contributed by atoms with Gasteiger partial charge >= 0.3 is 0 Å². The van der Waals surface area contributed by atoms with E-state index < -0.39 is 0 Å². The van der Waals surface area contributed by atoms with E-state index in [4.69, 9.17) is 0 Å². The minimum atomic E-state index is 0.0472. The van der Waals surface area contributed by atoms with Gasteiger partial charge in [-0.25, -0.2) is 0 Å². The quantitative estimate of drug-likeness (QED) is 0.402. The van der Waals surface area contributed by atoms with Crippen LogP contribution >= 0.6 is 0 Å². The van der Waals surface area contributed by atoms with Crippen LogP contribution in [0.25, 0.3) is 21.7 Å². The van der Waals surface area contributed by atoms with Crippen LogP contribution in [0.5, 0.6) is 0 Å². The Morgan fingerprint density at radius 3 is 2.11 bits per heavy atom. The van der Waals surface area contributed by atoms with Crippen LogP contribution in [0.4, 0.5) is 0 Å². The molecule has 0 aliphatic heterocycles. The first kappa shape index (κ1) is 17.9. The van der Waals surface area contributed by atoms with Crippen molar-refractivity contribution in [1.29, 1.82) is 0 Å². The molecular weight excluding hydrogens is 326 g/mol. The molecule has 4 rings (SSSR count). The van der Waals surface area contributed by atoms with Gasteiger partial charge in [0.2, 0.25) is 0 Å². The summed E-state index contributed by atoms with van der Waals surface area (Å²) in [6.45, 7) is 11.6. The predicted octanol–water partition coefficient (Wildman–Crippen LogP) is 7.14. The van der Waals surface area contributed by atoms with Crippen LogP contribution in [-0.2, 0) is 17.3 Å². The molecule has 1 heterocycles. The minimum Gasteiger partial charge on any atom is -0.361 e. The summed E-state index contributed by atoms with van der Waals surface area (Å²) in [6, 6.07) is 22.2. The smallest absolute Gasteiger partial charge is 0.0457 e. The number of hydrogen-bond donors (Lipinski definition) is 1. The topological polar surface area (TPSA) is 15.8 Å². The van der Waals surface area contributed by atoms with Gasteiger partial charge in [-0.15, -0.1) is 0 Å². The second-order valence-corrected chi connectivity index (χ2v) is 9.38. The van der Waals surface area contributed by atoms with Crippen LogP contribution < -0.4 is 0 Å². The number of rotatable bonds is 3. The van der Waals surface area contributed by atoms with Crippen molar-refractivity contribution in [2.45, 2.75) is 51.9 Å². The van der Waals surface area contributed by atoms with Gasteiger partial charge in [0.1, 0.15) is 0 Å². The molecule has 0 atom stereocenters. The lowest BCUT2D eigenvalue weighted by molar-refractivity contribution is 0.529. The van der Waals surface area contributed by atoms with Crippen molar-refractivity contribution in [3.63, 3.8) is 0 Å². The maximum Gasteiger partial charge on any atom is 0.0457 e. The molecule has 0 aliphatic carbocycles. The van der Waals surface area contributed by atoms with Crippen LogP contribution in [0.15, 0.2) is 66.9 Å². The molecule has 0 aliphatic rings. The Kier molecular flexibility index (Phi) is 4.14. The second kappa shape index (κ2) is 6.27. The van der Waals surface area contributed by atoms with Gasteiger partial charge in [-0.3, -0.25) is 0 Å². The molecule has 0 saturated heterocycles. The number of hydrogen-bond acceptors (Lipinski definition) is 0. The zero-order valence-corrected chi connectivity index (χ0v) is 17.1. The van der Waals surface area contributed by atoms with Crippen LogP contribution in [0.1, 0.15) is 51.3 Å². The van der Waals surface area contributed by atoms with Crippen molar-refractivity contribution < 1.29 is 0 Å². The average molecular weight is 356 g/mol. The van der Waals surface area contributed by atoms with Gasteiger partial charge in [0.15, 0.2) is 0 Å². The molecule has 27 heavy (non-hydrogen) atoms. The van der Waals surface area contributed by atoms with Gasteiger partial charge in [0.05, 0.1) is 0 Å². The number of H-pyrrole nitrogens is 1. The molecule has 4 aromatic rings. The lowest BCUT2D eigenvalue weighted by Gasteiger charge is -2.27. The van der Waals surface area contributed by atoms with E-state index in [9.17, 15) is 0 Å². The number of aromatic amines is 1. The third-order valence-corrected chi connectivity index (χ3v) is 5.77. The lowest BCUT2D eigenvalue weighted by atomic mass is 9.77. The Labute approximate surface area is 162 Å².